The van der Waals surface area contributed by atoms with Crippen molar-refractivity contribution in [2.75, 3.05) is 0 Å². The van der Waals surface area contributed by atoms with Crippen LogP contribution in [0.15, 0.2) is 47.5 Å². The van der Waals surface area contributed by atoms with Gasteiger partial charge in [0.15, 0.2) is 0 Å². The second kappa shape index (κ2) is 10.2. The van der Waals surface area contributed by atoms with Crippen LogP contribution in [0.4, 0.5) is 0 Å². The van der Waals surface area contributed by atoms with Crippen LogP contribution in [0.5, 0.6) is 0 Å². The number of halogens is 1. The van der Waals surface area contributed by atoms with Crippen LogP contribution in [0, 0.1) is 6.92 Å². The molecule has 9 heteroatoms. The number of nitrogens with zero attached hydrogens (tertiary/aromatic N) is 5. The van der Waals surface area contributed by atoms with Crippen molar-refractivity contribution < 1.29 is 9.90 Å². The van der Waals surface area contributed by atoms with Crippen molar-refractivity contribution in [2.45, 2.75) is 33.7 Å². The zero-order valence-corrected chi connectivity index (χ0v) is 16.3. The van der Waals surface area contributed by atoms with Crippen LogP contribution in [0.3, 0.4) is 0 Å². The lowest BCUT2D eigenvalue weighted by Gasteiger charge is -2.14. The van der Waals surface area contributed by atoms with Gasteiger partial charge in [0.2, 0.25) is 0 Å². The van der Waals surface area contributed by atoms with E-state index in [1.807, 2.05) is 6.92 Å². The normalized spacial score (nSPS) is 12.1. The van der Waals surface area contributed by atoms with Gasteiger partial charge in [-0.15, -0.1) is 18.3 Å². The fourth-order valence-corrected chi connectivity index (χ4v) is 2.62. The summed E-state index contributed by atoms with van der Waals surface area (Å²) in [7, 11) is 0. The van der Waals surface area contributed by atoms with Gasteiger partial charge in [0.05, 0.1) is 5.70 Å². The molecule has 0 atom stereocenters. The number of rotatable bonds is 6. The summed E-state index contributed by atoms with van der Waals surface area (Å²) in [5.74, 6) is -1.08. The minimum Gasteiger partial charge on any atom is -0.480 e. The van der Waals surface area contributed by atoms with Crippen LogP contribution < -0.4 is 5.56 Å². The Kier molecular flexibility index (Phi) is 8.34. The Morgan fingerprint density at radius 2 is 2.04 bits per heavy atom. The van der Waals surface area contributed by atoms with Crippen molar-refractivity contribution in [1.82, 2.24) is 24.8 Å². The van der Waals surface area contributed by atoms with Gasteiger partial charge in [-0.2, -0.15) is 0 Å². The van der Waals surface area contributed by atoms with Crippen molar-refractivity contribution in [3.63, 3.8) is 0 Å². The molecule has 0 amide bonds. The fourth-order valence-electron chi connectivity index (χ4n) is 2.52. The van der Waals surface area contributed by atoms with Crippen LogP contribution in [-0.4, -0.2) is 35.9 Å². The van der Waals surface area contributed by atoms with Crippen molar-refractivity contribution in [1.29, 1.82) is 0 Å². The number of carboxylic acids is 1. The lowest BCUT2D eigenvalue weighted by atomic mass is 10.0. The van der Waals surface area contributed by atoms with E-state index in [0.717, 1.165) is 5.70 Å². The molecule has 8 nitrogen and oxygen atoms in total. The summed E-state index contributed by atoms with van der Waals surface area (Å²) in [4.78, 5) is 23.3. The fraction of sp³-hybridized carbons (Fsp3) is 0.278. The van der Waals surface area contributed by atoms with E-state index in [2.05, 4.69) is 28.7 Å². The van der Waals surface area contributed by atoms with Crippen molar-refractivity contribution in [3.8, 4) is 0 Å². The topological polar surface area (TPSA) is 103 Å². The van der Waals surface area contributed by atoms with Gasteiger partial charge >= 0.3 is 5.97 Å². The Bertz CT molecular complexity index is 910. The Morgan fingerprint density at radius 1 is 1.37 bits per heavy atom. The molecule has 0 aliphatic rings. The first-order chi connectivity index (χ1) is 12.8. The lowest BCUT2D eigenvalue weighted by molar-refractivity contribution is -0.137. The molecule has 0 aromatic carbocycles. The molecule has 0 unspecified atom stereocenters. The van der Waals surface area contributed by atoms with Gasteiger partial charge in [-0.1, -0.05) is 18.5 Å². The average molecular weight is 392 g/mol. The van der Waals surface area contributed by atoms with Gasteiger partial charge in [0.1, 0.15) is 12.9 Å². The first-order valence-corrected chi connectivity index (χ1v) is 8.45. The Hall–Kier alpha value is -3.00. The maximum absolute atomic E-state index is 12.4. The van der Waals surface area contributed by atoms with E-state index >= 15 is 0 Å². The van der Waals surface area contributed by atoms with Gasteiger partial charge in [-0.3, -0.25) is 9.59 Å². The summed E-state index contributed by atoms with van der Waals surface area (Å²) < 4.78 is 2.72. The number of allylic oxidation sites excluding steroid dienone is 4. The number of tetrazole rings is 1. The predicted molar refractivity (Wildman–Crippen MR) is 105 cm³/mol. The monoisotopic (exact) mass is 391 g/mol. The number of aromatic nitrogens is 5. The van der Waals surface area contributed by atoms with E-state index in [1.165, 1.54) is 21.6 Å². The molecule has 0 spiro atoms. The van der Waals surface area contributed by atoms with Gasteiger partial charge in [0, 0.05) is 22.4 Å². The van der Waals surface area contributed by atoms with E-state index in [-0.39, 0.29) is 6.54 Å². The van der Waals surface area contributed by atoms with Crippen LogP contribution in [-0.2, 0) is 11.3 Å². The molecule has 0 bridgehead atoms. The second-order valence-corrected chi connectivity index (χ2v) is 6.00. The second-order valence-electron chi connectivity index (χ2n) is 5.40. The molecule has 0 radical (unpaired) electrons. The number of hydrogen-bond donors (Lipinski definition) is 1. The smallest absolute Gasteiger partial charge is 0.323 e. The standard InChI is InChI=1S/C16H18ClN5O3.C2H4/c1-4-14(22-9-18-19-20-22)13(5-10(2)17)12-6-11(3)21(8-16(24)25)15(23)7-12;1-2/h5-7,9H,4,8H2,1-3H3,(H,24,25);1-2H2/b10-5+,14-13-;. The number of aliphatic carboxylic acids is 1. The van der Waals surface area contributed by atoms with Gasteiger partial charge < -0.3 is 9.67 Å². The average Bonchev–Trinajstić information content (AvgIpc) is 3.13. The zero-order valence-electron chi connectivity index (χ0n) is 15.5. The third kappa shape index (κ3) is 5.75. The highest BCUT2D eigenvalue weighted by atomic mass is 35.5. The molecule has 0 fully saturated rings. The molecule has 0 saturated carbocycles. The van der Waals surface area contributed by atoms with E-state index in [1.54, 1.807) is 26.0 Å². The van der Waals surface area contributed by atoms with E-state index < -0.39 is 11.5 Å². The maximum atomic E-state index is 12.4. The Labute approximate surface area is 162 Å². The van der Waals surface area contributed by atoms with Crippen LogP contribution >= 0.6 is 11.6 Å². The third-order valence-corrected chi connectivity index (χ3v) is 3.66. The van der Waals surface area contributed by atoms with Crippen LogP contribution in [0.25, 0.3) is 11.3 Å². The van der Waals surface area contributed by atoms with Crippen LogP contribution in [0.1, 0.15) is 31.5 Å². The molecule has 0 aliphatic carbocycles. The number of carbonyl (C=O) groups is 1. The van der Waals surface area contributed by atoms with E-state index in [9.17, 15) is 9.59 Å². The lowest BCUT2D eigenvalue weighted by Crippen LogP contribution is -2.26. The summed E-state index contributed by atoms with van der Waals surface area (Å²) in [5.41, 5.74) is 2.22. The zero-order chi connectivity index (χ0) is 20.6. The van der Waals surface area contributed by atoms with E-state index in [0.29, 0.717) is 28.3 Å². The molecule has 2 aromatic rings. The highest BCUT2D eigenvalue weighted by Gasteiger charge is 2.14. The third-order valence-electron chi connectivity index (χ3n) is 3.55. The number of hydrogen-bond acceptors (Lipinski definition) is 5. The molecular weight excluding hydrogens is 370 g/mol. The summed E-state index contributed by atoms with van der Waals surface area (Å²) in [5, 5.41) is 20.7. The number of carboxylic acid groups (broad SMARTS) is 1. The van der Waals surface area contributed by atoms with Gasteiger partial charge in [-0.25, -0.2) is 4.68 Å². The SMILES string of the molecule is C=C.CC/C(=C(\C=C(/C)Cl)c1cc(C)n(CC(=O)O)c(=O)c1)n1cnnn1. The Balaban J connectivity index is 0.00000176. The first kappa shape index (κ1) is 22.0. The summed E-state index contributed by atoms with van der Waals surface area (Å²) in [6.07, 6.45) is 3.80. The van der Waals surface area contributed by atoms with E-state index in [4.69, 9.17) is 16.7 Å². The molecule has 0 saturated heterocycles. The summed E-state index contributed by atoms with van der Waals surface area (Å²) >= 11 is 6.07. The molecule has 0 aliphatic heterocycles. The summed E-state index contributed by atoms with van der Waals surface area (Å²) in [6, 6.07) is 3.14. The predicted octanol–water partition coefficient (Wildman–Crippen LogP) is 2.95. The molecule has 1 N–H and O–H groups in total. The molecule has 2 rings (SSSR count). The van der Waals surface area contributed by atoms with Crippen molar-refractivity contribution in [2.24, 2.45) is 0 Å². The summed E-state index contributed by atoms with van der Waals surface area (Å²) in [6.45, 7) is 11.0. The highest BCUT2D eigenvalue weighted by molar-refractivity contribution is 6.30. The largest absolute Gasteiger partial charge is 0.480 e. The first-order valence-electron chi connectivity index (χ1n) is 8.07. The minimum absolute atomic E-state index is 0.387. The van der Waals surface area contributed by atoms with Crippen LogP contribution in [0.2, 0.25) is 0 Å². The highest BCUT2D eigenvalue weighted by Crippen LogP contribution is 2.27. The molecular formula is C18H22ClN5O3. The number of pyridine rings is 1. The Morgan fingerprint density at radius 3 is 2.48 bits per heavy atom. The molecule has 2 aromatic heterocycles. The van der Waals surface area contributed by atoms with Gasteiger partial charge in [0.25, 0.3) is 5.56 Å². The number of aryl methyl sites for hydroxylation is 1. The molecule has 144 valence electrons. The van der Waals surface area contributed by atoms with Crippen molar-refractivity contribution in [3.05, 3.63) is 64.3 Å². The van der Waals surface area contributed by atoms with Crippen molar-refractivity contribution >= 4 is 28.8 Å². The molecule has 2 heterocycles. The maximum Gasteiger partial charge on any atom is 0.323 e. The quantitative estimate of drug-likeness (QED) is 0.599. The minimum atomic E-state index is -1.08. The van der Waals surface area contributed by atoms with Gasteiger partial charge in [-0.05, 0) is 48.4 Å². The molecule has 27 heavy (non-hydrogen) atoms.